The van der Waals surface area contributed by atoms with Crippen molar-refractivity contribution in [2.75, 3.05) is 6.61 Å². The standard InChI is InChI=1S/C18H36N4O10.6CH4.H2S/c1-4(19)14-12(27)13(28)18(30-14)32-16-9(24)5(20)2-6(21)15(16)31-17-8(22)11(26)10(25)7(3-23)29-17;;;;;;;/h4-18,23-28H,2-3,19-22H2,1H3;6*1H4;1H2/t4-,5+,6?,7?,8?,9?,10+,11+,12+,13?,14+,15+,16+,17+,18-;;;;;;;/m0......./s1. The van der Waals surface area contributed by atoms with Gasteiger partial charge in [0.1, 0.15) is 48.8 Å². The molecular formula is C24H62N4O10S. The maximum atomic E-state index is 10.7. The number of aliphatic hydroxyl groups is 6. The van der Waals surface area contributed by atoms with Gasteiger partial charge in [-0.1, -0.05) is 44.6 Å². The van der Waals surface area contributed by atoms with E-state index in [9.17, 15) is 30.6 Å². The molecule has 0 aromatic rings. The molecule has 0 bridgehead atoms. The smallest absolute Gasteiger partial charge is 0.187 e. The molecule has 15 heteroatoms. The van der Waals surface area contributed by atoms with E-state index in [1.807, 2.05) is 0 Å². The fourth-order valence-corrected chi connectivity index (χ4v) is 4.36. The van der Waals surface area contributed by atoms with Gasteiger partial charge in [0.15, 0.2) is 12.6 Å². The van der Waals surface area contributed by atoms with Gasteiger partial charge >= 0.3 is 0 Å². The van der Waals surface area contributed by atoms with Gasteiger partial charge in [0.05, 0.1) is 18.8 Å². The lowest BCUT2D eigenvalue weighted by Gasteiger charge is -2.47. The molecule has 14 N–H and O–H groups in total. The Hall–Kier alpha value is -0.210. The fourth-order valence-electron chi connectivity index (χ4n) is 4.36. The zero-order valence-corrected chi connectivity index (χ0v) is 19.2. The van der Waals surface area contributed by atoms with Crippen LogP contribution in [0.5, 0.6) is 0 Å². The van der Waals surface area contributed by atoms with Crippen LogP contribution in [0.3, 0.4) is 0 Å². The average molecular weight is 599 g/mol. The Morgan fingerprint density at radius 2 is 1.23 bits per heavy atom. The summed E-state index contributed by atoms with van der Waals surface area (Å²) in [5, 5.41) is 60.8. The first-order valence-corrected chi connectivity index (χ1v) is 10.6. The predicted molar refractivity (Wildman–Crippen MR) is 157 cm³/mol. The first-order valence-electron chi connectivity index (χ1n) is 10.6. The summed E-state index contributed by atoms with van der Waals surface area (Å²) in [6.07, 6.45) is -13.9. The largest absolute Gasteiger partial charge is 0.394 e. The molecule has 3 rings (SSSR count). The van der Waals surface area contributed by atoms with Gasteiger partial charge in [-0.3, -0.25) is 0 Å². The van der Waals surface area contributed by atoms with Gasteiger partial charge in [-0.05, 0) is 13.3 Å². The van der Waals surface area contributed by atoms with Crippen LogP contribution in [0, 0.1) is 0 Å². The van der Waals surface area contributed by atoms with E-state index >= 15 is 0 Å². The van der Waals surface area contributed by atoms with Crippen molar-refractivity contribution in [1.82, 2.24) is 0 Å². The Morgan fingerprint density at radius 3 is 1.69 bits per heavy atom. The third-order valence-corrected chi connectivity index (χ3v) is 6.35. The second-order valence-corrected chi connectivity index (χ2v) is 8.85. The number of nitrogens with two attached hydrogens (primary N) is 4. The zero-order chi connectivity index (χ0) is 23.9. The number of ether oxygens (including phenoxy) is 4. The Bertz CT molecular complexity index is 629. The van der Waals surface area contributed by atoms with E-state index in [1.165, 1.54) is 0 Å². The molecule has 1 aliphatic carbocycles. The maximum Gasteiger partial charge on any atom is 0.187 e. The van der Waals surface area contributed by atoms with Crippen molar-refractivity contribution >= 4 is 13.5 Å². The zero-order valence-electron chi connectivity index (χ0n) is 18.2. The Kier molecular flexibility index (Phi) is 24.7. The second kappa shape index (κ2) is 19.8. The van der Waals surface area contributed by atoms with Crippen LogP contribution >= 0.6 is 13.5 Å². The topological polar surface area (TPSA) is 262 Å². The van der Waals surface area contributed by atoms with Crippen molar-refractivity contribution in [3.05, 3.63) is 0 Å². The van der Waals surface area contributed by atoms with Gasteiger partial charge in [-0.15, -0.1) is 0 Å². The van der Waals surface area contributed by atoms with E-state index in [4.69, 9.17) is 41.9 Å². The number of hydrogen-bond acceptors (Lipinski definition) is 14. The lowest BCUT2D eigenvalue weighted by molar-refractivity contribution is -0.310. The van der Waals surface area contributed by atoms with Crippen LogP contribution in [0.2, 0.25) is 0 Å². The summed E-state index contributed by atoms with van der Waals surface area (Å²) in [6.45, 7) is 0.989. The van der Waals surface area contributed by atoms with Crippen LogP contribution < -0.4 is 22.9 Å². The van der Waals surface area contributed by atoms with E-state index < -0.39 is 98.3 Å². The minimum absolute atomic E-state index is 0. The van der Waals surface area contributed by atoms with Crippen molar-refractivity contribution < 1.29 is 49.6 Å². The highest BCUT2D eigenvalue weighted by molar-refractivity contribution is 7.59. The molecule has 15 atom stereocenters. The molecule has 5 unspecified atom stereocenters. The molecule has 2 aliphatic heterocycles. The van der Waals surface area contributed by atoms with Crippen LogP contribution in [-0.4, -0.2) is 129 Å². The van der Waals surface area contributed by atoms with Crippen LogP contribution in [0.4, 0.5) is 0 Å². The minimum atomic E-state index is -1.46. The highest BCUT2D eigenvalue weighted by Gasteiger charge is 2.52. The van der Waals surface area contributed by atoms with Gasteiger partial charge in [0.25, 0.3) is 0 Å². The number of hydrogen-bond donors (Lipinski definition) is 10. The summed E-state index contributed by atoms with van der Waals surface area (Å²) in [4.78, 5) is 0. The molecule has 0 aromatic heterocycles. The lowest BCUT2D eigenvalue weighted by Crippen LogP contribution is -2.68. The highest BCUT2D eigenvalue weighted by Crippen LogP contribution is 2.32. The van der Waals surface area contributed by atoms with Gasteiger partial charge < -0.3 is 72.5 Å². The maximum absolute atomic E-state index is 10.7. The normalized spacial score (nSPS) is 43.8. The highest BCUT2D eigenvalue weighted by atomic mass is 32.1. The van der Waals surface area contributed by atoms with Crippen molar-refractivity contribution in [1.29, 1.82) is 0 Å². The fraction of sp³-hybridized carbons (Fsp3) is 1.00. The minimum Gasteiger partial charge on any atom is -0.394 e. The van der Waals surface area contributed by atoms with Crippen molar-refractivity contribution in [2.24, 2.45) is 22.9 Å². The van der Waals surface area contributed by atoms with E-state index in [0.29, 0.717) is 0 Å². The number of aliphatic hydroxyl groups excluding tert-OH is 6. The molecule has 3 fully saturated rings. The van der Waals surface area contributed by atoms with E-state index in [2.05, 4.69) is 0 Å². The molecule has 14 nitrogen and oxygen atoms in total. The summed E-state index contributed by atoms with van der Waals surface area (Å²) < 4.78 is 22.7. The monoisotopic (exact) mass is 598 g/mol. The third kappa shape index (κ3) is 9.94. The second-order valence-electron chi connectivity index (χ2n) is 8.85. The Labute approximate surface area is 242 Å². The Morgan fingerprint density at radius 1 is 0.718 bits per heavy atom. The van der Waals surface area contributed by atoms with Gasteiger partial charge in [0, 0.05) is 18.1 Å². The lowest BCUT2D eigenvalue weighted by atomic mass is 9.84. The van der Waals surface area contributed by atoms with Gasteiger partial charge in [-0.25, -0.2) is 0 Å². The molecule has 3 aliphatic rings. The summed E-state index contributed by atoms with van der Waals surface area (Å²) >= 11 is 0. The van der Waals surface area contributed by atoms with E-state index in [1.54, 1.807) is 6.92 Å². The summed E-state index contributed by atoms with van der Waals surface area (Å²) in [7, 11) is 0. The Balaban J connectivity index is -0.000000550. The average Bonchev–Trinajstić information content (AvgIpc) is 3.03. The van der Waals surface area contributed by atoms with E-state index in [0.717, 1.165) is 0 Å². The molecule has 244 valence electrons. The molecule has 0 spiro atoms. The molecule has 39 heavy (non-hydrogen) atoms. The van der Waals surface area contributed by atoms with Crippen LogP contribution in [0.15, 0.2) is 0 Å². The quantitative estimate of drug-likeness (QED) is 0.154. The van der Waals surface area contributed by atoms with Crippen molar-refractivity contribution in [2.45, 2.75) is 150 Å². The predicted octanol–water partition coefficient (Wildman–Crippen LogP) is -2.33. The van der Waals surface area contributed by atoms with Crippen LogP contribution in [-0.2, 0) is 18.9 Å². The summed E-state index contributed by atoms with van der Waals surface area (Å²) in [5.74, 6) is 0. The van der Waals surface area contributed by atoms with E-state index in [-0.39, 0.29) is 64.5 Å². The van der Waals surface area contributed by atoms with Gasteiger partial charge in [0.2, 0.25) is 0 Å². The first kappa shape index (κ1) is 48.5. The molecule has 1 saturated carbocycles. The molecule has 2 heterocycles. The molecule has 0 amide bonds. The number of rotatable bonds is 6. The summed E-state index contributed by atoms with van der Waals surface area (Å²) in [5.41, 5.74) is 23.9. The molecule has 2 saturated heterocycles. The molecule has 0 radical (unpaired) electrons. The summed E-state index contributed by atoms with van der Waals surface area (Å²) in [6, 6.07) is -3.39. The van der Waals surface area contributed by atoms with Crippen LogP contribution in [0.25, 0.3) is 0 Å². The molecule has 0 aromatic carbocycles. The van der Waals surface area contributed by atoms with Crippen molar-refractivity contribution in [3.8, 4) is 0 Å². The first-order chi connectivity index (χ1) is 15.0. The SMILES string of the molecule is C.C.C.C.C.C.C[C@H](N)[C@H]1O[C@@H](O[C@@H]2C(O)[C@H](N)CC(N)[C@H]2O[C@H]2OC(CO)[C@@H](O)[C@H](O)C2N)C(O)[C@H]1O.S. The van der Waals surface area contributed by atoms with Gasteiger partial charge in [-0.2, -0.15) is 13.5 Å². The van der Waals surface area contributed by atoms with Crippen LogP contribution in [0.1, 0.15) is 57.9 Å². The molecular weight excluding hydrogens is 536 g/mol. The third-order valence-electron chi connectivity index (χ3n) is 6.35. The van der Waals surface area contributed by atoms with Crippen molar-refractivity contribution in [3.63, 3.8) is 0 Å².